The van der Waals surface area contributed by atoms with Gasteiger partial charge in [0, 0.05) is 24.0 Å². The van der Waals surface area contributed by atoms with Gasteiger partial charge in [-0.05, 0) is 29.8 Å². The number of anilines is 1. The summed E-state index contributed by atoms with van der Waals surface area (Å²) in [6.07, 6.45) is 3.19. The second kappa shape index (κ2) is 6.14. The minimum atomic E-state index is -0.475. The molecule has 2 N–H and O–H groups in total. The zero-order chi connectivity index (χ0) is 17.1. The van der Waals surface area contributed by atoms with Crippen LogP contribution in [0.15, 0.2) is 54.9 Å². The zero-order valence-electron chi connectivity index (χ0n) is 12.4. The molecule has 1 aromatic carbocycles. The molecule has 0 aliphatic heterocycles. The molecule has 0 fully saturated rings. The zero-order valence-corrected chi connectivity index (χ0v) is 12.4. The van der Waals surface area contributed by atoms with E-state index in [0.29, 0.717) is 16.8 Å². The van der Waals surface area contributed by atoms with E-state index in [2.05, 4.69) is 9.97 Å². The number of nitrogens with zero attached hydrogens (tertiary/aromatic N) is 4. The van der Waals surface area contributed by atoms with E-state index < -0.39 is 4.92 Å². The van der Waals surface area contributed by atoms with Gasteiger partial charge in [-0.3, -0.25) is 15.1 Å². The first kappa shape index (κ1) is 15.1. The first-order valence-electron chi connectivity index (χ1n) is 6.96. The van der Waals surface area contributed by atoms with Crippen LogP contribution in [0.1, 0.15) is 5.56 Å². The van der Waals surface area contributed by atoms with Gasteiger partial charge in [-0.25, -0.2) is 4.98 Å². The number of nitriles is 1. The Kier molecular flexibility index (Phi) is 3.87. The lowest BCUT2D eigenvalue weighted by Crippen LogP contribution is -2.01. The van der Waals surface area contributed by atoms with Gasteiger partial charge in [0.15, 0.2) is 0 Å². The smallest absolute Gasteiger partial charge is 0.278 e. The number of benzene rings is 1. The molecule has 3 rings (SSSR count). The Morgan fingerprint density at radius 3 is 2.50 bits per heavy atom. The molecule has 0 bridgehead atoms. The average molecular weight is 317 g/mol. The number of nitrogens with two attached hydrogens (primary N) is 1. The number of hydrogen-bond acceptors (Lipinski definition) is 6. The van der Waals surface area contributed by atoms with E-state index in [4.69, 9.17) is 5.73 Å². The van der Waals surface area contributed by atoms with E-state index >= 15 is 0 Å². The highest BCUT2D eigenvalue weighted by Gasteiger charge is 2.19. The van der Waals surface area contributed by atoms with Gasteiger partial charge in [0.1, 0.15) is 17.5 Å². The van der Waals surface area contributed by atoms with E-state index in [-0.39, 0.29) is 17.1 Å². The summed E-state index contributed by atoms with van der Waals surface area (Å²) in [5.74, 6) is 0.0277. The molecule has 2 aromatic heterocycles. The molecule has 0 atom stereocenters. The lowest BCUT2D eigenvalue weighted by Gasteiger charge is -2.10. The summed E-state index contributed by atoms with van der Waals surface area (Å²) >= 11 is 0. The van der Waals surface area contributed by atoms with E-state index in [1.165, 1.54) is 6.07 Å². The Morgan fingerprint density at radius 1 is 1.12 bits per heavy atom. The summed E-state index contributed by atoms with van der Waals surface area (Å²) in [6, 6.07) is 13.4. The Balaban J connectivity index is 2.28. The molecule has 0 unspecified atom stereocenters. The molecule has 7 heteroatoms. The first-order chi connectivity index (χ1) is 11.6. The van der Waals surface area contributed by atoms with Crippen molar-refractivity contribution in [1.29, 1.82) is 5.26 Å². The van der Waals surface area contributed by atoms with Gasteiger partial charge in [0.05, 0.1) is 16.2 Å². The first-order valence-corrected chi connectivity index (χ1v) is 6.96. The van der Waals surface area contributed by atoms with Crippen LogP contribution in [0.5, 0.6) is 0 Å². The van der Waals surface area contributed by atoms with Crippen LogP contribution in [0, 0.1) is 21.4 Å². The summed E-state index contributed by atoms with van der Waals surface area (Å²) in [4.78, 5) is 18.9. The molecule has 0 spiro atoms. The van der Waals surface area contributed by atoms with Crippen molar-refractivity contribution in [1.82, 2.24) is 9.97 Å². The lowest BCUT2D eigenvalue weighted by atomic mass is 9.99. The van der Waals surface area contributed by atoms with Crippen LogP contribution >= 0.6 is 0 Å². The van der Waals surface area contributed by atoms with Gasteiger partial charge in [0.25, 0.3) is 5.69 Å². The van der Waals surface area contributed by atoms with E-state index in [0.717, 1.165) is 5.56 Å². The highest BCUT2D eigenvalue weighted by Crippen LogP contribution is 2.34. The number of nitro benzene ring substituents is 1. The highest BCUT2D eigenvalue weighted by atomic mass is 16.6. The molecule has 3 aromatic rings. The average Bonchev–Trinajstić information content (AvgIpc) is 2.61. The molecule has 0 radical (unpaired) electrons. The van der Waals surface area contributed by atoms with Crippen LogP contribution in [0.3, 0.4) is 0 Å². The third-order valence-corrected chi connectivity index (χ3v) is 3.53. The quantitative estimate of drug-likeness (QED) is 0.585. The Hall–Kier alpha value is -3.79. The van der Waals surface area contributed by atoms with Gasteiger partial charge in [-0.1, -0.05) is 12.1 Å². The van der Waals surface area contributed by atoms with Crippen molar-refractivity contribution in [3.05, 3.63) is 70.5 Å². The number of para-hydroxylation sites is 1. The minimum absolute atomic E-state index is 0.0277. The monoisotopic (exact) mass is 317 g/mol. The van der Waals surface area contributed by atoms with Crippen LogP contribution < -0.4 is 5.73 Å². The van der Waals surface area contributed by atoms with Gasteiger partial charge < -0.3 is 5.73 Å². The van der Waals surface area contributed by atoms with Crippen LogP contribution in [0.4, 0.5) is 11.5 Å². The molecule has 0 aliphatic carbocycles. The Labute approximate surface area is 137 Å². The minimum Gasteiger partial charge on any atom is -0.383 e. The summed E-state index contributed by atoms with van der Waals surface area (Å²) < 4.78 is 0. The van der Waals surface area contributed by atoms with Crippen molar-refractivity contribution >= 4 is 11.5 Å². The number of aromatic nitrogens is 2. The number of pyridine rings is 2. The van der Waals surface area contributed by atoms with Crippen molar-refractivity contribution in [2.45, 2.75) is 0 Å². The maximum Gasteiger partial charge on any atom is 0.278 e. The standard InChI is InChI=1S/C17H11N5O2/c18-10-14-13(11-5-7-20-8-6-11)9-15(21-17(14)19)12-3-1-2-4-16(12)22(23)24/h1-9H,(H2,19,21). The van der Waals surface area contributed by atoms with Crippen LogP contribution in [-0.4, -0.2) is 14.9 Å². The van der Waals surface area contributed by atoms with Gasteiger partial charge in [0.2, 0.25) is 0 Å². The topological polar surface area (TPSA) is 119 Å². The molecular weight excluding hydrogens is 306 g/mol. The fraction of sp³-hybridized carbons (Fsp3) is 0. The molecule has 0 aliphatic rings. The number of rotatable bonds is 3. The lowest BCUT2D eigenvalue weighted by molar-refractivity contribution is -0.384. The second-order valence-electron chi connectivity index (χ2n) is 4.94. The molecule has 0 amide bonds. The molecule has 24 heavy (non-hydrogen) atoms. The van der Waals surface area contributed by atoms with Crippen molar-refractivity contribution < 1.29 is 4.92 Å². The second-order valence-corrected chi connectivity index (χ2v) is 4.94. The summed E-state index contributed by atoms with van der Waals surface area (Å²) in [5, 5.41) is 20.6. The summed E-state index contributed by atoms with van der Waals surface area (Å²) in [5.41, 5.74) is 8.03. The predicted octanol–water partition coefficient (Wildman–Crippen LogP) is 3.17. The molecule has 116 valence electrons. The molecule has 2 heterocycles. The van der Waals surface area contributed by atoms with Gasteiger partial charge in [-0.15, -0.1) is 0 Å². The summed E-state index contributed by atoms with van der Waals surface area (Å²) in [7, 11) is 0. The van der Waals surface area contributed by atoms with E-state index in [1.807, 2.05) is 6.07 Å². The highest BCUT2D eigenvalue weighted by molar-refractivity contribution is 5.82. The third-order valence-electron chi connectivity index (χ3n) is 3.53. The van der Waals surface area contributed by atoms with Crippen LogP contribution in [-0.2, 0) is 0 Å². The van der Waals surface area contributed by atoms with Crippen molar-refractivity contribution in [2.24, 2.45) is 0 Å². The van der Waals surface area contributed by atoms with Crippen molar-refractivity contribution in [3.63, 3.8) is 0 Å². The fourth-order valence-corrected chi connectivity index (χ4v) is 2.43. The Morgan fingerprint density at radius 2 is 1.83 bits per heavy atom. The summed E-state index contributed by atoms with van der Waals surface area (Å²) in [6.45, 7) is 0. The Bertz CT molecular complexity index is 964. The van der Waals surface area contributed by atoms with E-state index in [9.17, 15) is 15.4 Å². The van der Waals surface area contributed by atoms with E-state index in [1.54, 1.807) is 48.8 Å². The fourth-order valence-electron chi connectivity index (χ4n) is 2.43. The molecular formula is C17H11N5O2. The third kappa shape index (κ3) is 2.64. The molecule has 7 nitrogen and oxygen atoms in total. The number of nitrogen functional groups attached to an aromatic ring is 1. The van der Waals surface area contributed by atoms with Crippen LogP contribution in [0.2, 0.25) is 0 Å². The maximum absolute atomic E-state index is 11.2. The normalized spacial score (nSPS) is 10.1. The van der Waals surface area contributed by atoms with Crippen LogP contribution in [0.25, 0.3) is 22.4 Å². The number of nitro groups is 1. The SMILES string of the molecule is N#Cc1c(-c2ccncc2)cc(-c2ccccc2[N+](=O)[O-])nc1N. The largest absolute Gasteiger partial charge is 0.383 e. The van der Waals surface area contributed by atoms with Gasteiger partial charge >= 0.3 is 0 Å². The number of hydrogen-bond donors (Lipinski definition) is 1. The molecule has 0 saturated carbocycles. The van der Waals surface area contributed by atoms with Crippen molar-refractivity contribution in [2.75, 3.05) is 5.73 Å². The molecule has 0 saturated heterocycles. The maximum atomic E-state index is 11.2. The predicted molar refractivity (Wildman–Crippen MR) is 88.7 cm³/mol. The van der Waals surface area contributed by atoms with Crippen molar-refractivity contribution in [3.8, 4) is 28.5 Å². The van der Waals surface area contributed by atoms with Gasteiger partial charge in [-0.2, -0.15) is 5.26 Å².